The first-order valence-corrected chi connectivity index (χ1v) is 26.4. The number of hydrogen-bond donors (Lipinski definition) is 0. The van der Waals surface area contributed by atoms with Gasteiger partial charge < -0.3 is 0 Å². The molecular formula is C59H41F3GeN4. The summed E-state index contributed by atoms with van der Waals surface area (Å²) in [6.07, 6.45) is -4.55. The van der Waals surface area contributed by atoms with Crippen molar-refractivity contribution in [3.8, 4) is 51.0 Å². The van der Waals surface area contributed by atoms with Crippen LogP contribution in [0.4, 0.5) is 13.2 Å². The molecule has 0 radical (unpaired) electrons. The van der Waals surface area contributed by atoms with Gasteiger partial charge in [-0.25, -0.2) is 0 Å². The molecule has 0 aliphatic carbocycles. The molecule has 322 valence electrons. The van der Waals surface area contributed by atoms with E-state index in [9.17, 15) is 13.2 Å². The van der Waals surface area contributed by atoms with Gasteiger partial charge >= 0.3 is 366 Å². The van der Waals surface area contributed by atoms with E-state index >= 15 is 0 Å². The van der Waals surface area contributed by atoms with Crippen molar-refractivity contribution >= 4 is 52.7 Å². The summed E-state index contributed by atoms with van der Waals surface area (Å²) >= 11 is -3.68. The first-order valence-electron chi connectivity index (χ1n) is 22.2. The number of nitrogens with zero attached hydrogens (tertiary/aromatic N) is 4. The van der Waals surface area contributed by atoms with Gasteiger partial charge in [-0.2, -0.15) is 13.2 Å². The summed E-state index contributed by atoms with van der Waals surface area (Å²) in [4.78, 5) is 15.4. The van der Waals surface area contributed by atoms with E-state index in [1.54, 1.807) is 6.07 Å². The van der Waals surface area contributed by atoms with Crippen molar-refractivity contribution in [2.75, 3.05) is 0 Å². The van der Waals surface area contributed by atoms with Crippen LogP contribution in [0.1, 0.15) is 11.1 Å². The van der Waals surface area contributed by atoms with E-state index < -0.39 is 25.0 Å². The number of benzene rings is 9. The molecule has 0 bridgehead atoms. The van der Waals surface area contributed by atoms with Crippen LogP contribution in [0.5, 0.6) is 0 Å². The van der Waals surface area contributed by atoms with E-state index in [-0.39, 0.29) is 0 Å². The molecule has 0 fully saturated rings. The van der Waals surface area contributed by atoms with E-state index in [0.29, 0.717) is 39.6 Å². The van der Waals surface area contributed by atoms with E-state index in [1.165, 1.54) is 23.7 Å². The third-order valence-corrected chi connectivity index (χ3v) is 22.7. The second-order valence-electron chi connectivity index (χ2n) is 16.8. The van der Waals surface area contributed by atoms with Crippen LogP contribution in [-0.2, 0) is 6.18 Å². The molecule has 0 aliphatic heterocycles. The number of alkyl halides is 3. The van der Waals surface area contributed by atoms with Crippen molar-refractivity contribution in [3.63, 3.8) is 0 Å². The molecule has 11 rings (SSSR count). The zero-order chi connectivity index (χ0) is 45.5. The van der Waals surface area contributed by atoms with Gasteiger partial charge in [0, 0.05) is 0 Å². The zero-order valence-electron chi connectivity index (χ0n) is 36.4. The second kappa shape index (κ2) is 17.2. The monoisotopic (exact) mass is 936 g/mol. The quantitative estimate of drug-likeness (QED) is 0.135. The van der Waals surface area contributed by atoms with Gasteiger partial charge in [-0.3, -0.25) is 0 Å². The molecule has 11 aromatic rings. The molecule has 67 heavy (non-hydrogen) atoms. The Bertz CT molecular complexity index is 3410. The summed E-state index contributed by atoms with van der Waals surface area (Å²) in [7, 11) is 0. The maximum atomic E-state index is 14.6. The molecule has 2 heterocycles. The number of halogens is 3. The van der Waals surface area contributed by atoms with Crippen LogP contribution in [0, 0.1) is 6.92 Å². The van der Waals surface area contributed by atoms with Gasteiger partial charge in [0.05, 0.1) is 0 Å². The van der Waals surface area contributed by atoms with E-state index in [1.807, 2.05) is 96.4 Å². The fourth-order valence-corrected chi connectivity index (χ4v) is 19.6. The Morgan fingerprint density at radius 1 is 0.388 bits per heavy atom. The molecule has 8 heteroatoms. The van der Waals surface area contributed by atoms with Gasteiger partial charge in [0.1, 0.15) is 0 Å². The van der Waals surface area contributed by atoms with Crippen molar-refractivity contribution in [2.45, 2.75) is 13.1 Å². The molecule has 0 unspecified atom stereocenters. The molecule has 0 N–H and O–H groups in total. The zero-order valence-corrected chi connectivity index (χ0v) is 38.5. The number of fused-ring (bicyclic) bond motifs is 3. The van der Waals surface area contributed by atoms with E-state index in [0.717, 1.165) is 44.8 Å². The number of rotatable bonds is 9. The molecule has 0 saturated heterocycles. The molecule has 9 aromatic carbocycles. The molecule has 0 saturated carbocycles. The van der Waals surface area contributed by atoms with Gasteiger partial charge in [0.25, 0.3) is 0 Å². The minimum atomic E-state index is -4.55. The van der Waals surface area contributed by atoms with E-state index in [2.05, 4.69) is 127 Å². The standard InChI is InChI=1S/C59H41F3GeN4/c1-40-30-33-50-51-34-32-45(59(60,61)62)39-55(51)67(54(50)36-40)53-35-31-44(38-52(53)58-65-56(41-18-7-2-8-19-41)64-57(66-58)42-20-9-3-10-21-42)43-22-17-29-49(37-43)63(46-23-11-4-12-24-46,47-25-13-5-14-26-47)48-27-15-6-16-28-48/h2-39H,1H3. The first kappa shape index (κ1) is 41.8. The van der Waals surface area contributed by atoms with Crippen molar-refractivity contribution in [2.24, 2.45) is 0 Å². The van der Waals surface area contributed by atoms with Gasteiger partial charge in [-0.05, 0) is 0 Å². The fourth-order valence-electron chi connectivity index (χ4n) is 9.58. The summed E-state index contributed by atoms with van der Waals surface area (Å²) in [6.45, 7) is 1.99. The fraction of sp³-hybridized carbons (Fsp3) is 0.0339. The number of aryl methyl sites for hydroxylation is 1. The molecular weight excluding hydrogens is 894 g/mol. The van der Waals surface area contributed by atoms with Crippen molar-refractivity contribution in [1.29, 1.82) is 0 Å². The topological polar surface area (TPSA) is 43.6 Å². The molecule has 2 aromatic heterocycles. The maximum absolute atomic E-state index is 14.6. The summed E-state index contributed by atoms with van der Waals surface area (Å²) in [6, 6.07) is 77.3. The van der Waals surface area contributed by atoms with Gasteiger partial charge in [-0.1, -0.05) is 12.1 Å². The summed E-state index contributed by atoms with van der Waals surface area (Å²) in [5, 5.41) is 1.55. The second-order valence-corrected chi connectivity index (χ2v) is 24.8. The van der Waals surface area contributed by atoms with Gasteiger partial charge in [-0.15, -0.1) is 0 Å². The molecule has 0 amide bonds. The summed E-state index contributed by atoms with van der Waals surface area (Å²) in [5.41, 5.74) is 6.24. The Morgan fingerprint density at radius 2 is 0.836 bits per heavy atom. The van der Waals surface area contributed by atoms with Crippen molar-refractivity contribution < 1.29 is 13.2 Å². The van der Waals surface area contributed by atoms with Crippen molar-refractivity contribution in [1.82, 2.24) is 19.5 Å². The van der Waals surface area contributed by atoms with Crippen LogP contribution in [0.15, 0.2) is 231 Å². The van der Waals surface area contributed by atoms with Gasteiger partial charge in [0.15, 0.2) is 0 Å². The SMILES string of the molecule is Cc1ccc2c3ccc(C(F)(F)F)cc3n(-c3ccc(-c4ccc[c]([Ge]([c]5ccccc5)([c]5ccccc5)[c]5ccccc5)c4)cc3-c3nc(-c4ccccc4)nc(-c4ccccc4)n3)c2c1. The first-order chi connectivity index (χ1) is 32.8. The Kier molecular flexibility index (Phi) is 10.7. The Morgan fingerprint density at radius 3 is 1.37 bits per heavy atom. The van der Waals surface area contributed by atoms with Crippen LogP contribution >= 0.6 is 0 Å². The summed E-state index contributed by atoms with van der Waals surface area (Å²) < 4.78 is 50.8. The molecule has 4 nitrogen and oxygen atoms in total. The average molecular weight is 936 g/mol. The van der Waals surface area contributed by atoms with Crippen LogP contribution in [0.2, 0.25) is 0 Å². The van der Waals surface area contributed by atoms with Crippen LogP contribution < -0.4 is 17.6 Å². The minimum absolute atomic E-state index is 0.389. The average Bonchev–Trinajstić information content (AvgIpc) is 3.70. The third kappa shape index (κ3) is 7.61. The Balaban J connectivity index is 1.21. The number of aromatic nitrogens is 4. The Hall–Kier alpha value is -7.88. The third-order valence-electron chi connectivity index (χ3n) is 12.7. The van der Waals surface area contributed by atoms with Gasteiger partial charge in [0.2, 0.25) is 0 Å². The Labute approximate surface area is 389 Å². The van der Waals surface area contributed by atoms with Crippen molar-refractivity contribution in [3.05, 3.63) is 242 Å². The van der Waals surface area contributed by atoms with Crippen LogP contribution in [-0.4, -0.2) is 32.8 Å². The molecule has 0 spiro atoms. The van der Waals surface area contributed by atoms with Crippen LogP contribution in [0.25, 0.3) is 72.8 Å². The number of hydrogen-bond acceptors (Lipinski definition) is 3. The predicted octanol–water partition coefficient (Wildman–Crippen LogP) is 12.3. The predicted molar refractivity (Wildman–Crippen MR) is 269 cm³/mol. The molecule has 0 atom stereocenters. The normalized spacial score (nSPS) is 11.9. The van der Waals surface area contributed by atoms with Crippen LogP contribution in [0.3, 0.4) is 0 Å². The van der Waals surface area contributed by atoms with E-state index in [4.69, 9.17) is 15.0 Å². The molecule has 0 aliphatic rings. The summed E-state index contributed by atoms with van der Waals surface area (Å²) in [5.74, 6) is 1.35.